The maximum atomic E-state index is 5.65. The number of ether oxygens (including phenoxy) is 1. The van der Waals surface area contributed by atoms with E-state index in [0.29, 0.717) is 11.0 Å². The average molecular weight is 329 g/mol. The Bertz CT molecular complexity index is 466. The standard InChI is InChI=1S/C13H17BrN2OS/c1-8-12(5-6-17-8)16(2)9-3-4-10(13(15)18)11(14)7-9/h3-4,7-8,12H,5-6H2,1-2H3,(H2,15,18). The highest BCUT2D eigenvalue weighted by Crippen LogP contribution is 2.28. The van der Waals surface area contributed by atoms with Gasteiger partial charge in [0.15, 0.2) is 0 Å². The average Bonchev–Trinajstić information content (AvgIpc) is 2.74. The molecule has 0 radical (unpaired) electrons. The molecule has 0 amide bonds. The lowest BCUT2D eigenvalue weighted by molar-refractivity contribution is 0.118. The summed E-state index contributed by atoms with van der Waals surface area (Å²) >= 11 is 8.51. The maximum absolute atomic E-state index is 5.65. The Balaban J connectivity index is 2.23. The van der Waals surface area contributed by atoms with E-state index in [4.69, 9.17) is 22.7 Å². The van der Waals surface area contributed by atoms with Crippen LogP contribution in [0.2, 0.25) is 0 Å². The van der Waals surface area contributed by atoms with E-state index in [1.807, 2.05) is 12.1 Å². The molecule has 0 saturated carbocycles. The Morgan fingerprint density at radius 2 is 2.28 bits per heavy atom. The summed E-state index contributed by atoms with van der Waals surface area (Å²) in [6, 6.07) is 6.48. The lowest BCUT2D eigenvalue weighted by atomic mass is 10.1. The number of nitrogens with zero attached hydrogens (tertiary/aromatic N) is 1. The SMILES string of the molecule is CC1OCCC1N(C)c1ccc(C(N)=S)c(Br)c1. The molecule has 2 atom stereocenters. The quantitative estimate of drug-likeness (QED) is 0.866. The molecule has 0 spiro atoms. The van der Waals surface area contributed by atoms with E-state index < -0.39 is 0 Å². The molecule has 0 aliphatic carbocycles. The summed E-state index contributed by atoms with van der Waals surface area (Å²) in [6.45, 7) is 2.95. The van der Waals surface area contributed by atoms with E-state index in [0.717, 1.165) is 28.8 Å². The molecule has 1 aliphatic rings. The number of hydrogen-bond donors (Lipinski definition) is 1. The highest BCUT2D eigenvalue weighted by molar-refractivity contribution is 9.10. The molecule has 0 aromatic heterocycles. The number of halogens is 1. The summed E-state index contributed by atoms with van der Waals surface area (Å²) in [6.07, 6.45) is 1.33. The zero-order valence-corrected chi connectivity index (χ0v) is 12.9. The molecule has 1 saturated heterocycles. The van der Waals surface area contributed by atoms with Crippen molar-refractivity contribution >= 4 is 38.8 Å². The van der Waals surface area contributed by atoms with Crippen LogP contribution in [0.4, 0.5) is 5.69 Å². The van der Waals surface area contributed by atoms with E-state index in [1.54, 1.807) is 0 Å². The molecule has 2 rings (SSSR count). The van der Waals surface area contributed by atoms with Gasteiger partial charge in [0.05, 0.1) is 12.1 Å². The Morgan fingerprint density at radius 3 is 2.78 bits per heavy atom. The molecule has 1 fully saturated rings. The molecule has 98 valence electrons. The van der Waals surface area contributed by atoms with Gasteiger partial charge in [0, 0.05) is 29.4 Å². The minimum absolute atomic E-state index is 0.268. The highest BCUT2D eigenvalue weighted by atomic mass is 79.9. The van der Waals surface area contributed by atoms with Crippen LogP contribution < -0.4 is 10.6 Å². The Morgan fingerprint density at radius 1 is 1.56 bits per heavy atom. The van der Waals surface area contributed by atoms with E-state index in [-0.39, 0.29) is 6.10 Å². The fourth-order valence-corrected chi connectivity index (χ4v) is 3.23. The van der Waals surface area contributed by atoms with Crippen molar-refractivity contribution in [3.63, 3.8) is 0 Å². The molecular weight excluding hydrogens is 312 g/mol. The fraction of sp³-hybridized carbons (Fsp3) is 0.462. The Kier molecular flexibility index (Phi) is 4.25. The molecule has 1 aromatic carbocycles. The van der Waals surface area contributed by atoms with Gasteiger partial charge in [-0.05, 0) is 47.5 Å². The van der Waals surface area contributed by atoms with Gasteiger partial charge in [-0.2, -0.15) is 0 Å². The number of nitrogens with two attached hydrogens (primary N) is 1. The summed E-state index contributed by atoms with van der Waals surface area (Å²) in [4.78, 5) is 2.67. The third-order valence-corrected chi connectivity index (χ3v) is 4.34. The number of thiocarbonyl (C=S) groups is 1. The lowest BCUT2D eigenvalue weighted by Gasteiger charge is -2.29. The minimum Gasteiger partial charge on any atom is -0.389 e. The largest absolute Gasteiger partial charge is 0.389 e. The normalized spacial score (nSPS) is 23.1. The van der Waals surface area contributed by atoms with Crippen LogP contribution in [0.1, 0.15) is 18.9 Å². The summed E-state index contributed by atoms with van der Waals surface area (Å²) in [5.41, 5.74) is 7.67. The minimum atomic E-state index is 0.268. The first-order valence-electron chi connectivity index (χ1n) is 5.94. The van der Waals surface area contributed by atoms with Crippen LogP contribution in [0.15, 0.2) is 22.7 Å². The van der Waals surface area contributed by atoms with Gasteiger partial charge in [0.25, 0.3) is 0 Å². The molecule has 18 heavy (non-hydrogen) atoms. The second-order valence-corrected chi connectivity index (χ2v) is 5.87. The summed E-state index contributed by atoms with van der Waals surface area (Å²) in [5, 5.41) is 0. The van der Waals surface area contributed by atoms with Crippen molar-refractivity contribution in [1.82, 2.24) is 0 Å². The number of rotatable bonds is 3. The zero-order valence-electron chi connectivity index (χ0n) is 10.5. The third-order valence-electron chi connectivity index (χ3n) is 3.46. The molecular formula is C13H17BrN2OS. The number of anilines is 1. The van der Waals surface area contributed by atoms with Crippen molar-refractivity contribution in [3.8, 4) is 0 Å². The number of likely N-dealkylation sites (N-methyl/N-ethyl adjacent to an activating group) is 1. The van der Waals surface area contributed by atoms with Crippen molar-refractivity contribution in [2.45, 2.75) is 25.5 Å². The maximum Gasteiger partial charge on any atom is 0.105 e. The first-order chi connectivity index (χ1) is 8.50. The topological polar surface area (TPSA) is 38.5 Å². The Hall–Kier alpha value is -0.650. The fourth-order valence-electron chi connectivity index (χ4n) is 2.34. The predicted molar refractivity (Wildman–Crippen MR) is 82.3 cm³/mol. The summed E-state index contributed by atoms with van der Waals surface area (Å²) in [7, 11) is 2.10. The van der Waals surface area contributed by atoms with Crippen LogP contribution in [0, 0.1) is 0 Å². The van der Waals surface area contributed by atoms with Crippen molar-refractivity contribution in [2.75, 3.05) is 18.6 Å². The van der Waals surface area contributed by atoms with Crippen LogP contribution >= 0.6 is 28.1 Å². The van der Waals surface area contributed by atoms with Crippen molar-refractivity contribution in [2.24, 2.45) is 5.73 Å². The first kappa shape index (κ1) is 13.8. The van der Waals surface area contributed by atoms with Crippen molar-refractivity contribution in [1.29, 1.82) is 0 Å². The Labute approximate surface area is 121 Å². The van der Waals surface area contributed by atoms with Gasteiger partial charge in [-0.1, -0.05) is 12.2 Å². The van der Waals surface area contributed by atoms with E-state index >= 15 is 0 Å². The van der Waals surface area contributed by atoms with Crippen LogP contribution in [-0.2, 0) is 4.74 Å². The molecule has 5 heteroatoms. The van der Waals surface area contributed by atoms with Crippen molar-refractivity contribution in [3.05, 3.63) is 28.2 Å². The van der Waals surface area contributed by atoms with E-state index in [9.17, 15) is 0 Å². The van der Waals surface area contributed by atoms with Gasteiger partial charge >= 0.3 is 0 Å². The van der Waals surface area contributed by atoms with Gasteiger partial charge in [0.1, 0.15) is 4.99 Å². The van der Waals surface area contributed by atoms with Crippen LogP contribution in [0.3, 0.4) is 0 Å². The van der Waals surface area contributed by atoms with Gasteiger partial charge in [-0.25, -0.2) is 0 Å². The molecule has 2 N–H and O–H groups in total. The van der Waals surface area contributed by atoms with Gasteiger partial charge in [0.2, 0.25) is 0 Å². The number of hydrogen-bond acceptors (Lipinski definition) is 3. The second-order valence-electron chi connectivity index (χ2n) is 4.57. The summed E-state index contributed by atoms with van der Waals surface area (Å²) in [5.74, 6) is 0. The summed E-state index contributed by atoms with van der Waals surface area (Å²) < 4.78 is 6.54. The molecule has 2 unspecified atom stereocenters. The molecule has 1 heterocycles. The number of benzene rings is 1. The smallest absolute Gasteiger partial charge is 0.105 e. The van der Waals surface area contributed by atoms with Crippen LogP contribution in [-0.4, -0.2) is 30.8 Å². The van der Waals surface area contributed by atoms with E-state index in [1.165, 1.54) is 0 Å². The van der Waals surface area contributed by atoms with E-state index in [2.05, 4.69) is 40.9 Å². The second kappa shape index (κ2) is 5.55. The molecule has 3 nitrogen and oxygen atoms in total. The van der Waals surface area contributed by atoms with Crippen LogP contribution in [0.5, 0.6) is 0 Å². The highest BCUT2D eigenvalue weighted by Gasteiger charge is 2.28. The third kappa shape index (κ3) is 2.68. The molecule has 1 aliphatic heterocycles. The first-order valence-corrected chi connectivity index (χ1v) is 7.14. The van der Waals surface area contributed by atoms with Gasteiger partial charge < -0.3 is 15.4 Å². The van der Waals surface area contributed by atoms with Crippen LogP contribution in [0.25, 0.3) is 0 Å². The predicted octanol–water partition coefficient (Wildman–Crippen LogP) is 2.70. The monoisotopic (exact) mass is 328 g/mol. The van der Waals surface area contributed by atoms with Gasteiger partial charge in [-0.3, -0.25) is 0 Å². The molecule has 1 aromatic rings. The molecule has 0 bridgehead atoms. The zero-order chi connectivity index (χ0) is 13.3. The van der Waals surface area contributed by atoms with Crippen molar-refractivity contribution < 1.29 is 4.74 Å². The lowest BCUT2D eigenvalue weighted by Crippen LogP contribution is -2.36. The van der Waals surface area contributed by atoms with Gasteiger partial charge in [-0.15, -0.1) is 0 Å².